The van der Waals surface area contributed by atoms with E-state index in [0.717, 1.165) is 0 Å². The number of aliphatic imine (C=N–C) groups is 1. The zero-order valence-electron chi connectivity index (χ0n) is 12.1. The number of halogens is 2. The molecular formula is C15H13Cl2N3O3. The van der Waals surface area contributed by atoms with E-state index in [4.69, 9.17) is 27.9 Å². The first-order chi connectivity index (χ1) is 11.0. The number of aliphatic carboxylic acids is 1. The van der Waals surface area contributed by atoms with E-state index >= 15 is 0 Å². The number of benzene rings is 1. The van der Waals surface area contributed by atoms with Crippen LogP contribution >= 0.6 is 23.2 Å². The Hall–Kier alpha value is -1.89. The van der Waals surface area contributed by atoms with E-state index in [1.165, 1.54) is 7.11 Å². The van der Waals surface area contributed by atoms with Crippen LogP contribution in [0, 0.1) is 5.92 Å². The minimum absolute atomic E-state index is 0.125. The van der Waals surface area contributed by atoms with Crippen LogP contribution < -0.4 is 0 Å². The van der Waals surface area contributed by atoms with Crippen LogP contribution in [-0.4, -0.2) is 40.3 Å². The maximum Gasteiger partial charge on any atom is 0.314 e. The van der Waals surface area contributed by atoms with Gasteiger partial charge in [0.25, 0.3) is 0 Å². The minimum atomic E-state index is -1.00. The van der Waals surface area contributed by atoms with Crippen molar-refractivity contribution in [2.24, 2.45) is 10.9 Å². The van der Waals surface area contributed by atoms with Crippen LogP contribution in [0.25, 0.3) is 0 Å². The first-order valence-electron chi connectivity index (χ1n) is 6.80. The van der Waals surface area contributed by atoms with E-state index < -0.39 is 17.9 Å². The van der Waals surface area contributed by atoms with Crippen molar-refractivity contribution >= 4 is 40.7 Å². The molecule has 8 heteroatoms. The van der Waals surface area contributed by atoms with Gasteiger partial charge in [0.1, 0.15) is 5.92 Å². The number of carbonyl (C=O) groups is 1. The molecule has 2 atom stereocenters. The summed E-state index contributed by atoms with van der Waals surface area (Å²) in [5.74, 6) is -1.33. The van der Waals surface area contributed by atoms with E-state index in [1.807, 2.05) is 0 Å². The molecule has 2 aromatic rings. The topological polar surface area (TPSA) is 76.7 Å². The van der Waals surface area contributed by atoms with E-state index in [9.17, 15) is 9.90 Å². The van der Waals surface area contributed by atoms with E-state index in [0.29, 0.717) is 27.1 Å². The third-order valence-corrected chi connectivity index (χ3v) is 4.43. The zero-order valence-corrected chi connectivity index (χ0v) is 13.6. The Balaban J connectivity index is 2.17. The number of ether oxygens (including phenoxy) is 1. The van der Waals surface area contributed by atoms with Crippen molar-refractivity contribution in [1.82, 2.24) is 9.78 Å². The van der Waals surface area contributed by atoms with Crippen molar-refractivity contribution in [2.75, 3.05) is 13.7 Å². The second kappa shape index (κ2) is 6.31. The third-order valence-electron chi connectivity index (χ3n) is 3.69. The normalized spacial score (nSPS) is 20.0. The van der Waals surface area contributed by atoms with Gasteiger partial charge in [-0.3, -0.25) is 4.79 Å². The molecule has 0 bridgehead atoms. The number of nitrogens with zero attached hydrogens (tertiary/aromatic N) is 3. The van der Waals surface area contributed by atoms with Gasteiger partial charge in [-0.2, -0.15) is 5.10 Å². The molecule has 6 nitrogen and oxygen atoms in total. The van der Waals surface area contributed by atoms with E-state index in [2.05, 4.69) is 10.1 Å². The Labute approximate surface area is 142 Å². The van der Waals surface area contributed by atoms with Gasteiger partial charge >= 0.3 is 5.97 Å². The molecule has 1 aliphatic rings. The van der Waals surface area contributed by atoms with Gasteiger partial charge in [-0.1, -0.05) is 29.3 Å². The van der Waals surface area contributed by atoms with Gasteiger partial charge in [0, 0.05) is 13.2 Å². The van der Waals surface area contributed by atoms with Crippen molar-refractivity contribution < 1.29 is 14.6 Å². The highest BCUT2D eigenvalue weighted by molar-refractivity contribution is 6.42. The molecule has 1 aliphatic heterocycles. The Bertz CT molecular complexity index is 788. The minimum Gasteiger partial charge on any atom is -0.481 e. The van der Waals surface area contributed by atoms with Crippen molar-refractivity contribution in [3.05, 3.63) is 46.1 Å². The van der Waals surface area contributed by atoms with Gasteiger partial charge in [0.15, 0.2) is 5.82 Å². The van der Waals surface area contributed by atoms with Crippen LogP contribution in [0.2, 0.25) is 10.0 Å². The summed E-state index contributed by atoms with van der Waals surface area (Å²) in [5, 5.41) is 14.7. The highest BCUT2D eigenvalue weighted by Gasteiger charge is 2.39. The number of rotatable bonds is 4. The largest absolute Gasteiger partial charge is 0.481 e. The summed E-state index contributed by atoms with van der Waals surface area (Å²) in [4.78, 5) is 16.2. The average molecular weight is 354 g/mol. The summed E-state index contributed by atoms with van der Waals surface area (Å²) in [6, 6.07) is 6.19. The maximum absolute atomic E-state index is 11.9. The summed E-state index contributed by atoms with van der Waals surface area (Å²) in [5.41, 5.74) is 1.13. The van der Waals surface area contributed by atoms with Crippen LogP contribution in [0.15, 0.2) is 35.5 Å². The van der Waals surface area contributed by atoms with Gasteiger partial charge in [-0.05, 0) is 17.7 Å². The van der Waals surface area contributed by atoms with Gasteiger partial charge in [-0.25, -0.2) is 9.67 Å². The fourth-order valence-electron chi connectivity index (χ4n) is 2.73. The number of carboxylic acids is 1. The van der Waals surface area contributed by atoms with Crippen molar-refractivity contribution in [2.45, 2.75) is 6.04 Å². The number of methoxy groups -OCH3 is 1. The quantitative estimate of drug-likeness (QED) is 0.915. The lowest BCUT2D eigenvalue weighted by Gasteiger charge is -2.30. The fraction of sp³-hybridized carbons (Fsp3) is 0.267. The zero-order chi connectivity index (χ0) is 16.6. The van der Waals surface area contributed by atoms with Crippen LogP contribution in [0.4, 0.5) is 5.82 Å². The van der Waals surface area contributed by atoms with Crippen molar-refractivity contribution in [3.8, 4) is 0 Å². The predicted molar refractivity (Wildman–Crippen MR) is 86.9 cm³/mol. The Kier molecular flexibility index (Phi) is 4.39. The lowest BCUT2D eigenvalue weighted by molar-refractivity contribution is -0.140. The fourth-order valence-corrected chi connectivity index (χ4v) is 3.03. The van der Waals surface area contributed by atoms with Crippen molar-refractivity contribution in [3.63, 3.8) is 0 Å². The number of hydrogen-bond acceptors (Lipinski definition) is 4. The molecule has 0 spiro atoms. The SMILES string of the molecule is COCC1=Nc2ccnn2C(c2ccc(Cl)c(Cl)c2)C1C(=O)O. The number of fused-ring (bicyclic) bond motifs is 1. The molecule has 0 fully saturated rings. The van der Waals surface area contributed by atoms with E-state index in [1.54, 1.807) is 35.1 Å². The average Bonchev–Trinajstić information content (AvgIpc) is 2.97. The lowest BCUT2D eigenvalue weighted by atomic mass is 9.88. The molecular weight excluding hydrogens is 341 g/mol. The van der Waals surface area contributed by atoms with Crippen LogP contribution in [0.3, 0.4) is 0 Å². The second-order valence-electron chi connectivity index (χ2n) is 5.10. The highest BCUT2D eigenvalue weighted by atomic mass is 35.5. The number of hydrogen-bond donors (Lipinski definition) is 1. The number of aromatic nitrogens is 2. The molecule has 0 saturated heterocycles. The molecule has 2 unspecified atom stereocenters. The maximum atomic E-state index is 11.9. The second-order valence-corrected chi connectivity index (χ2v) is 5.92. The van der Waals surface area contributed by atoms with Gasteiger partial charge in [0.05, 0.1) is 34.6 Å². The van der Waals surface area contributed by atoms with E-state index in [-0.39, 0.29) is 6.61 Å². The Morgan fingerprint density at radius 1 is 1.35 bits per heavy atom. The van der Waals surface area contributed by atoms with Gasteiger partial charge in [-0.15, -0.1) is 0 Å². The first-order valence-corrected chi connectivity index (χ1v) is 7.56. The van der Waals surface area contributed by atoms with Gasteiger partial charge in [0.2, 0.25) is 0 Å². The monoisotopic (exact) mass is 353 g/mol. The summed E-state index contributed by atoms with van der Waals surface area (Å²) in [7, 11) is 1.50. The van der Waals surface area contributed by atoms with Gasteiger partial charge < -0.3 is 9.84 Å². The first kappa shape index (κ1) is 16.0. The molecule has 3 rings (SSSR count). The van der Waals surface area contributed by atoms with Crippen LogP contribution in [0.1, 0.15) is 11.6 Å². The summed E-state index contributed by atoms with van der Waals surface area (Å²) in [6.45, 7) is 0.125. The molecule has 23 heavy (non-hydrogen) atoms. The molecule has 0 amide bonds. The molecule has 0 saturated carbocycles. The molecule has 2 heterocycles. The molecule has 0 radical (unpaired) electrons. The number of carboxylic acid groups (broad SMARTS) is 1. The summed E-state index contributed by atoms with van der Waals surface area (Å²) >= 11 is 12.1. The molecule has 1 aromatic carbocycles. The molecule has 1 aromatic heterocycles. The Morgan fingerprint density at radius 2 is 2.13 bits per heavy atom. The molecule has 1 N–H and O–H groups in total. The van der Waals surface area contributed by atoms with Crippen LogP contribution in [-0.2, 0) is 9.53 Å². The third kappa shape index (κ3) is 2.85. The Morgan fingerprint density at radius 3 is 2.78 bits per heavy atom. The standard InChI is InChI=1S/C15H13Cl2N3O3/c1-23-7-11-13(15(21)22)14(20-12(19-11)4-5-18-20)8-2-3-9(16)10(17)6-8/h2-6,13-14H,7H2,1H3,(H,21,22). The summed E-state index contributed by atoms with van der Waals surface area (Å²) < 4.78 is 6.69. The predicted octanol–water partition coefficient (Wildman–Crippen LogP) is 3.21. The van der Waals surface area contributed by atoms with Crippen molar-refractivity contribution in [1.29, 1.82) is 0 Å². The smallest absolute Gasteiger partial charge is 0.314 e. The molecule has 120 valence electrons. The lowest BCUT2D eigenvalue weighted by Crippen LogP contribution is -2.38. The summed E-state index contributed by atoms with van der Waals surface area (Å²) in [6.07, 6.45) is 1.58. The molecule has 0 aliphatic carbocycles. The van der Waals surface area contributed by atoms with Crippen LogP contribution in [0.5, 0.6) is 0 Å². The highest BCUT2D eigenvalue weighted by Crippen LogP contribution is 2.38.